The summed E-state index contributed by atoms with van der Waals surface area (Å²) in [4.78, 5) is 73.5. The predicted octanol–water partition coefficient (Wildman–Crippen LogP) is 5.68. The van der Waals surface area contributed by atoms with Crippen LogP contribution in [0.2, 0.25) is 0 Å². The molecule has 2 aromatic carbocycles. The van der Waals surface area contributed by atoms with E-state index in [1.54, 1.807) is 38.4 Å². The van der Waals surface area contributed by atoms with Crippen LogP contribution >= 0.6 is 0 Å². The number of carbonyl (C=O) groups excluding carboxylic acids is 4. The van der Waals surface area contributed by atoms with Gasteiger partial charge in [0.25, 0.3) is 0 Å². The van der Waals surface area contributed by atoms with E-state index in [9.17, 15) is 27.6 Å². The normalized spacial score (nSPS) is 25.5. The number of likely N-dealkylation sites (tertiary alicyclic amines) is 2. The van der Waals surface area contributed by atoms with Crippen LogP contribution in [0.4, 0.5) is 9.59 Å². The smallest absolute Gasteiger partial charge is 0.407 e. The van der Waals surface area contributed by atoms with Crippen molar-refractivity contribution in [2.75, 3.05) is 28.4 Å². The van der Waals surface area contributed by atoms with E-state index in [-0.39, 0.29) is 45.5 Å². The fraction of sp³-hybridized carbons (Fsp3) is 0.522. The molecule has 0 bridgehead atoms. The molecule has 9 rings (SSSR count). The maximum absolute atomic E-state index is 14.4. The van der Waals surface area contributed by atoms with Crippen molar-refractivity contribution in [1.29, 1.82) is 0 Å². The molecule has 2 saturated carbocycles. The number of benzene rings is 2. The summed E-state index contributed by atoms with van der Waals surface area (Å²) in [5, 5.41) is 5.34. The number of nitrogens with zero attached hydrogens (tertiary/aromatic N) is 4. The van der Waals surface area contributed by atoms with E-state index in [2.05, 4.69) is 20.6 Å². The van der Waals surface area contributed by atoms with E-state index < -0.39 is 58.4 Å². The number of nitrogens with one attached hydrogen (secondary N) is 4. The van der Waals surface area contributed by atoms with Crippen molar-refractivity contribution < 1.29 is 46.5 Å². The molecule has 4 fully saturated rings. The van der Waals surface area contributed by atoms with Crippen LogP contribution in [-0.2, 0) is 38.4 Å². The fourth-order valence-electron chi connectivity index (χ4n) is 11.1. The van der Waals surface area contributed by atoms with Gasteiger partial charge < -0.3 is 49.3 Å². The minimum Gasteiger partial charge on any atom is -0.453 e. The van der Waals surface area contributed by atoms with E-state index in [4.69, 9.17) is 28.9 Å². The third kappa shape index (κ3) is 7.73. The van der Waals surface area contributed by atoms with E-state index in [1.807, 2.05) is 34.1 Å². The van der Waals surface area contributed by atoms with Gasteiger partial charge in [-0.25, -0.2) is 28.0 Å². The molecule has 4 amide bonds. The number of hydrogen-bond acceptors (Lipinski definition) is 12. The molecule has 5 aliphatic rings. The molecular formula is C46H56N8O10S. The van der Waals surface area contributed by atoms with Crippen LogP contribution in [0.3, 0.4) is 0 Å². The highest BCUT2D eigenvalue weighted by Gasteiger charge is 2.51. The fourth-order valence-corrected chi connectivity index (χ4v) is 12.9. The third-order valence-corrected chi connectivity index (χ3v) is 16.4. The first-order valence-corrected chi connectivity index (χ1v) is 23.8. The highest BCUT2D eigenvalue weighted by molar-refractivity contribution is 7.92. The quantitative estimate of drug-likeness (QED) is 0.119. The molecule has 3 aliphatic heterocycles. The lowest BCUT2D eigenvalue weighted by Gasteiger charge is -2.34. The molecule has 4 aromatic rings. The molecular weight excluding hydrogens is 857 g/mol. The lowest BCUT2D eigenvalue weighted by molar-refractivity contribution is -0.140. The standard InChI is InChI=1S/C46H56N8O10S/c1-23(61-3)39(51-45(57)63-5)43(55)53-33-11-7-9-27(33)17-35(53)41-47-21-31(49-41)25-13-15-29-30-16-14-26(20-38(30)65(59,60)37(29)19-25)32-22-48-42(50-32)36-18-28-10-8-12-34(28)54(36)44(56)40(24(2)62-4)52-46(58)64-6/h13-16,19-24,27-28,33-36,39-40H,7-12,17-18H2,1-6H3,(H,47,49)(H,48,50)(H,51,57)(H,52,58)/t23-,24-,27-,28+,33-,34+,35+,36+,39+,40+/m1/s1. The average Bonchev–Trinajstić information content (AvgIpc) is 4.18. The van der Waals surface area contributed by atoms with Gasteiger partial charge in [0, 0.05) is 48.6 Å². The molecule has 2 saturated heterocycles. The summed E-state index contributed by atoms with van der Waals surface area (Å²) in [6, 6.07) is 7.90. The third-order valence-electron chi connectivity index (χ3n) is 14.6. The van der Waals surface area contributed by atoms with Crippen molar-refractivity contribution in [2.45, 2.75) is 123 Å². The Morgan fingerprint density at radius 1 is 0.662 bits per heavy atom. The number of imidazole rings is 2. The second-order valence-corrected chi connectivity index (χ2v) is 19.8. The van der Waals surface area contributed by atoms with Crippen LogP contribution in [0.15, 0.2) is 58.6 Å². The summed E-state index contributed by atoms with van der Waals surface area (Å²) in [6.07, 6.45) is 7.66. The Kier molecular flexibility index (Phi) is 12.0. The van der Waals surface area contributed by atoms with Crippen molar-refractivity contribution in [3.63, 3.8) is 0 Å². The molecule has 10 atom stereocenters. The molecule has 346 valence electrons. The summed E-state index contributed by atoms with van der Waals surface area (Å²) in [5.74, 6) is 1.16. The highest BCUT2D eigenvalue weighted by Crippen LogP contribution is 2.50. The SMILES string of the molecule is COC(=O)N[C@H](C(=O)N1[C@@H]2CCC[C@@H]2C[C@H]1c1ncc(-c2ccc3c(c2)S(=O)(=O)c2cc(-c4cnc([C@@H]5C[C@@H]6CCC[C@@H]6N5C(=O)[C@@H](NC(=O)OC)[C@@H](C)OC)[nH]4)ccc2-3)[nH]1)[C@@H](C)OC. The first kappa shape index (κ1) is 44.4. The van der Waals surface area contributed by atoms with E-state index >= 15 is 0 Å². The number of amides is 4. The maximum Gasteiger partial charge on any atom is 0.407 e. The van der Waals surface area contributed by atoms with E-state index in [1.165, 1.54) is 28.4 Å². The molecule has 0 spiro atoms. The van der Waals surface area contributed by atoms with E-state index in [0.29, 0.717) is 58.1 Å². The van der Waals surface area contributed by atoms with Crippen molar-refractivity contribution in [2.24, 2.45) is 11.8 Å². The number of fused-ring (bicyclic) bond motifs is 5. The van der Waals surface area contributed by atoms with Gasteiger partial charge in [0.15, 0.2) is 0 Å². The van der Waals surface area contributed by atoms with Gasteiger partial charge >= 0.3 is 12.2 Å². The first-order chi connectivity index (χ1) is 31.3. The number of H-pyrrole nitrogens is 2. The lowest BCUT2D eigenvalue weighted by atomic mass is 10.0. The van der Waals surface area contributed by atoms with Crippen LogP contribution < -0.4 is 10.6 Å². The van der Waals surface area contributed by atoms with Crippen molar-refractivity contribution in [3.8, 4) is 33.6 Å². The zero-order valence-electron chi connectivity index (χ0n) is 37.3. The first-order valence-electron chi connectivity index (χ1n) is 22.3. The van der Waals surface area contributed by atoms with Gasteiger partial charge in [-0.3, -0.25) is 9.59 Å². The Bertz CT molecular complexity index is 2440. The number of alkyl carbamates (subject to hydrolysis) is 2. The lowest BCUT2D eigenvalue weighted by Crippen LogP contribution is -2.55. The van der Waals surface area contributed by atoms with Crippen LogP contribution in [0.5, 0.6) is 0 Å². The van der Waals surface area contributed by atoms with E-state index in [0.717, 1.165) is 38.5 Å². The van der Waals surface area contributed by atoms with Crippen LogP contribution in [0.25, 0.3) is 33.6 Å². The zero-order chi connectivity index (χ0) is 45.9. The molecule has 2 aliphatic carbocycles. The Morgan fingerprint density at radius 3 is 1.46 bits per heavy atom. The Labute approximate surface area is 377 Å². The van der Waals surface area contributed by atoms with Crippen LogP contribution in [0.1, 0.15) is 88.9 Å². The second-order valence-electron chi connectivity index (χ2n) is 17.9. The van der Waals surface area contributed by atoms with Gasteiger partial charge in [-0.1, -0.05) is 37.1 Å². The molecule has 18 nitrogen and oxygen atoms in total. The molecule has 4 N–H and O–H groups in total. The molecule has 5 heterocycles. The van der Waals surface area contributed by atoms with Crippen LogP contribution in [0, 0.1) is 11.8 Å². The van der Waals surface area contributed by atoms with Gasteiger partial charge in [0.05, 0.1) is 72.1 Å². The number of aromatic nitrogens is 4. The molecule has 2 aromatic heterocycles. The van der Waals surface area contributed by atoms with Gasteiger partial charge in [-0.05, 0) is 76.3 Å². The molecule has 0 unspecified atom stereocenters. The number of carbonyl (C=O) groups is 4. The summed E-state index contributed by atoms with van der Waals surface area (Å²) in [6.45, 7) is 3.45. The van der Waals surface area contributed by atoms with Gasteiger partial charge in [-0.2, -0.15) is 0 Å². The monoisotopic (exact) mass is 912 g/mol. The summed E-state index contributed by atoms with van der Waals surface area (Å²) in [7, 11) is 1.51. The van der Waals surface area contributed by atoms with Gasteiger partial charge in [0.1, 0.15) is 23.7 Å². The molecule has 65 heavy (non-hydrogen) atoms. The Hall–Kier alpha value is -5.79. The summed E-state index contributed by atoms with van der Waals surface area (Å²) < 4.78 is 49.4. The Balaban J connectivity index is 0.963. The topological polar surface area (TPSA) is 227 Å². The van der Waals surface area contributed by atoms with Gasteiger partial charge in [0.2, 0.25) is 21.7 Å². The Morgan fingerprint density at radius 2 is 1.08 bits per heavy atom. The average molecular weight is 913 g/mol. The second kappa shape index (κ2) is 17.5. The highest BCUT2D eigenvalue weighted by atomic mass is 32.2. The van der Waals surface area contributed by atoms with Gasteiger partial charge in [-0.15, -0.1) is 0 Å². The van der Waals surface area contributed by atoms with Crippen molar-refractivity contribution >= 4 is 33.8 Å². The number of rotatable bonds is 12. The van der Waals surface area contributed by atoms with Crippen LogP contribution in [-0.4, -0.2) is 127 Å². The predicted molar refractivity (Wildman–Crippen MR) is 235 cm³/mol. The summed E-state index contributed by atoms with van der Waals surface area (Å²) in [5.41, 5.74) is 3.62. The molecule has 19 heteroatoms. The minimum atomic E-state index is -3.96. The number of ether oxygens (including phenoxy) is 4. The van der Waals surface area contributed by atoms with Crippen molar-refractivity contribution in [3.05, 3.63) is 60.4 Å². The number of aromatic amines is 2. The maximum atomic E-state index is 14.4. The number of methoxy groups -OCH3 is 4. The minimum absolute atomic E-state index is 0.0187. The number of hydrogen-bond donors (Lipinski definition) is 4. The largest absolute Gasteiger partial charge is 0.453 e. The number of sulfone groups is 1. The summed E-state index contributed by atoms with van der Waals surface area (Å²) >= 11 is 0. The van der Waals surface area contributed by atoms with Crippen molar-refractivity contribution in [1.82, 2.24) is 40.4 Å². The zero-order valence-corrected chi connectivity index (χ0v) is 38.1. The molecule has 0 radical (unpaired) electrons.